The number of unbranched alkanes of at least 4 members (excludes halogenated alkanes) is 1. The highest BCUT2D eigenvalue weighted by Crippen LogP contribution is 2.28. The molecule has 0 radical (unpaired) electrons. The number of aliphatic imine (C=N–C) groups is 1. The number of amides is 3. The van der Waals surface area contributed by atoms with Crippen molar-refractivity contribution in [1.82, 2.24) is 10.3 Å². The number of nitrogens with zero attached hydrogens (tertiary/aromatic N) is 5. The predicted molar refractivity (Wildman–Crippen MR) is 186 cm³/mol. The SMILES string of the molecule is CCCCN1C(=O)C(NC(=O)Nc2ccc(N3CCN(c4ccncc4)CC3)cc2)N=C(CCc2ccccc2)c2ccccc21. The third-order valence-corrected chi connectivity index (χ3v) is 8.58. The number of aryl methyl sites for hydroxylation is 1. The van der Waals surface area contributed by atoms with Crippen LogP contribution in [0.15, 0.2) is 108 Å². The van der Waals surface area contributed by atoms with Gasteiger partial charge in [-0.25, -0.2) is 4.79 Å². The van der Waals surface area contributed by atoms with Gasteiger partial charge in [0.15, 0.2) is 0 Å². The number of anilines is 4. The van der Waals surface area contributed by atoms with Gasteiger partial charge in [-0.3, -0.25) is 14.8 Å². The minimum Gasteiger partial charge on any atom is -0.368 e. The number of carbonyl (C=O) groups is 2. The Balaban J connectivity index is 1.13. The molecular weight excluding hydrogens is 574 g/mol. The average Bonchev–Trinajstić information content (AvgIpc) is 3.21. The molecule has 1 saturated heterocycles. The van der Waals surface area contributed by atoms with Crippen LogP contribution in [0.25, 0.3) is 0 Å². The topological polar surface area (TPSA) is 93.2 Å². The number of aromatic nitrogens is 1. The fourth-order valence-electron chi connectivity index (χ4n) is 6.07. The summed E-state index contributed by atoms with van der Waals surface area (Å²) in [6.45, 7) is 6.32. The number of benzodiazepines with no additional fused rings is 1. The fraction of sp³-hybridized carbons (Fsp3) is 0.297. The molecular formula is C37H41N7O2. The van der Waals surface area contributed by atoms with Crippen molar-refractivity contribution in [2.24, 2.45) is 4.99 Å². The lowest BCUT2D eigenvalue weighted by molar-refractivity contribution is -0.120. The summed E-state index contributed by atoms with van der Waals surface area (Å²) < 4.78 is 0. The van der Waals surface area contributed by atoms with Crippen LogP contribution in [0.4, 0.5) is 27.5 Å². The number of rotatable bonds is 10. The van der Waals surface area contributed by atoms with Crippen molar-refractivity contribution in [2.75, 3.05) is 52.7 Å². The summed E-state index contributed by atoms with van der Waals surface area (Å²) in [6.07, 6.45) is 5.84. The molecule has 1 aromatic heterocycles. The summed E-state index contributed by atoms with van der Waals surface area (Å²) in [4.78, 5) is 42.7. The highest BCUT2D eigenvalue weighted by molar-refractivity contribution is 6.13. The van der Waals surface area contributed by atoms with Crippen LogP contribution in [-0.4, -0.2) is 61.5 Å². The molecule has 3 heterocycles. The maximum Gasteiger partial charge on any atom is 0.321 e. The molecule has 9 nitrogen and oxygen atoms in total. The molecule has 1 unspecified atom stereocenters. The Bertz CT molecular complexity index is 1640. The van der Waals surface area contributed by atoms with Crippen molar-refractivity contribution in [3.05, 3.63) is 115 Å². The normalized spacial score (nSPS) is 16.4. The molecule has 1 fully saturated rings. The minimum absolute atomic E-state index is 0.230. The van der Waals surface area contributed by atoms with Gasteiger partial charge in [-0.1, -0.05) is 61.9 Å². The number of para-hydroxylation sites is 1. The maximum absolute atomic E-state index is 13.9. The first-order valence-electron chi connectivity index (χ1n) is 16.2. The van der Waals surface area contributed by atoms with Crippen molar-refractivity contribution in [2.45, 2.75) is 38.8 Å². The Morgan fingerprint density at radius 3 is 2.15 bits per heavy atom. The van der Waals surface area contributed by atoms with Crippen LogP contribution in [-0.2, 0) is 11.2 Å². The molecule has 0 spiro atoms. The van der Waals surface area contributed by atoms with Gasteiger partial charge in [0, 0.05) is 73.5 Å². The van der Waals surface area contributed by atoms with E-state index in [2.05, 4.69) is 44.5 Å². The maximum atomic E-state index is 13.9. The summed E-state index contributed by atoms with van der Waals surface area (Å²) in [5.74, 6) is -0.230. The fourth-order valence-corrected chi connectivity index (χ4v) is 6.07. The molecule has 4 aromatic rings. The van der Waals surface area contributed by atoms with E-state index in [0.29, 0.717) is 18.7 Å². The highest BCUT2D eigenvalue weighted by Gasteiger charge is 2.32. The van der Waals surface area contributed by atoms with Crippen molar-refractivity contribution in [3.8, 4) is 0 Å². The van der Waals surface area contributed by atoms with Crippen LogP contribution in [0, 0.1) is 0 Å². The van der Waals surface area contributed by atoms with E-state index in [1.54, 1.807) is 4.90 Å². The van der Waals surface area contributed by atoms with Crippen molar-refractivity contribution in [3.63, 3.8) is 0 Å². The number of urea groups is 1. The summed E-state index contributed by atoms with van der Waals surface area (Å²) in [6, 6.07) is 29.6. The standard InChI is InChI=1S/C37H41N7O2/c1-2-3-23-44-34-12-8-7-11-32(34)33(18-13-28-9-5-4-6-10-28)40-35(36(44)45)41-37(46)39-29-14-16-30(17-15-29)42-24-26-43(27-25-42)31-19-21-38-22-20-31/h4-12,14-17,19-22,35H,2-3,13,18,23-27H2,1H3,(H2,39,41,46). The summed E-state index contributed by atoms with van der Waals surface area (Å²) in [5.41, 5.74) is 6.73. The zero-order valence-corrected chi connectivity index (χ0v) is 26.3. The van der Waals surface area contributed by atoms with Gasteiger partial charge in [0.25, 0.3) is 5.91 Å². The first-order chi connectivity index (χ1) is 22.6. The number of fused-ring (bicyclic) bond motifs is 1. The second kappa shape index (κ2) is 14.7. The van der Waals surface area contributed by atoms with Crippen LogP contribution in [0.3, 0.4) is 0 Å². The van der Waals surface area contributed by atoms with E-state index < -0.39 is 12.2 Å². The molecule has 1 atom stereocenters. The van der Waals surface area contributed by atoms with Crippen LogP contribution in [0.2, 0.25) is 0 Å². The van der Waals surface area contributed by atoms with E-state index in [9.17, 15) is 9.59 Å². The number of benzene rings is 3. The Hall–Kier alpha value is -5.18. The predicted octanol–water partition coefficient (Wildman–Crippen LogP) is 6.12. The molecule has 0 aliphatic carbocycles. The van der Waals surface area contributed by atoms with E-state index in [-0.39, 0.29) is 5.91 Å². The van der Waals surface area contributed by atoms with Crippen LogP contribution in [0.5, 0.6) is 0 Å². The molecule has 2 aliphatic heterocycles. The van der Waals surface area contributed by atoms with E-state index in [1.165, 1.54) is 11.3 Å². The quantitative estimate of drug-likeness (QED) is 0.224. The third-order valence-electron chi connectivity index (χ3n) is 8.58. The molecule has 3 amide bonds. The van der Waals surface area contributed by atoms with Gasteiger partial charge in [0.1, 0.15) is 0 Å². The first kappa shape index (κ1) is 30.8. The molecule has 236 valence electrons. The Kier molecular flexibility index (Phi) is 9.87. The molecule has 9 heteroatoms. The zero-order chi connectivity index (χ0) is 31.7. The van der Waals surface area contributed by atoms with Crippen molar-refractivity contribution >= 4 is 40.4 Å². The number of nitrogens with one attached hydrogen (secondary N) is 2. The number of carbonyl (C=O) groups excluding carboxylic acids is 2. The van der Waals surface area contributed by atoms with Crippen LogP contribution < -0.4 is 25.3 Å². The van der Waals surface area contributed by atoms with E-state index in [4.69, 9.17) is 4.99 Å². The summed E-state index contributed by atoms with van der Waals surface area (Å²) >= 11 is 0. The number of pyridine rings is 1. The van der Waals surface area contributed by atoms with Gasteiger partial charge >= 0.3 is 6.03 Å². The Morgan fingerprint density at radius 1 is 0.804 bits per heavy atom. The smallest absolute Gasteiger partial charge is 0.321 e. The molecule has 0 bridgehead atoms. The molecule has 2 aliphatic rings. The molecule has 6 rings (SSSR count). The second-order valence-corrected chi connectivity index (χ2v) is 11.6. The lowest BCUT2D eigenvalue weighted by Crippen LogP contribution is -2.48. The molecule has 46 heavy (non-hydrogen) atoms. The Labute approximate surface area is 271 Å². The Morgan fingerprint density at radius 2 is 1.46 bits per heavy atom. The van der Waals surface area contributed by atoms with Gasteiger partial charge in [0.2, 0.25) is 6.17 Å². The second-order valence-electron chi connectivity index (χ2n) is 11.6. The van der Waals surface area contributed by atoms with Gasteiger partial charge in [-0.05, 0) is 67.3 Å². The minimum atomic E-state index is -1.04. The third kappa shape index (κ3) is 7.37. The zero-order valence-electron chi connectivity index (χ0n) is 26.3. The van der Waals surface area contributed by atoms with Crippen molar-refractivity contribution < 1.29 is 9.59 Å². The van der Waals surface area contributed by atoms with Crippen LogP contribution >= 0.6 is 0 Å². The highest BCUT2D eigenvalue weighted by atomic mass is 16.2. The van der Waals surface area contributed by atoms with Gasteiger partial charge in [0.05, 0.1) is 5.69 Å². The summed E-state index contributed by atoms with van der Waals surface area (Å²) in [7, 11) is 0. The lowest BCUT2D eigenvalue weighted by Gasteiger charge is -2.37. The van der Waals surface area contributed by atoms with Gasteiger partial charge in [-0.15, -0.1) is 0 Å². The molecule has 0 saturated carbocycles. The number of hydrogen-bond acceptors (Lipinski definition) is 6. The lowest BCUT2D eigenvalue weighted by atomic mass is 10.00. The number of hydrogen-bond donors (Lipinski definition) is 2. The molecule has 3 aromatic carbocycles. The average molecular weight is 616 g/mol. The van der Waals surface area contributed by atoms with Gasteiger partial charge in [-0.2, -0.15) is 0 Å². The van der Waals surface area contributed by atoms with E-state index in [1.807, 2.05) is 91.3 Å². The number of piperazine rings is 1. The monoisotopic (exact) mass is 615 g/mol. The van der Waals surface area contributed by atoms with E-state index in [0.717, 1.165) is 68.1 Å². The van der Waals surface area contributed by atoms with E-state index >= 15 is 0 Å². The van der Waals surface area contributed by atoms with Crippen LogP contribution in [0.1, 0.15) is 37.3 Å². The summed E-state index contributed by atoms with van der Waals surface area (Å²) in [5, 5.41) is 5.79. The largest absolute Gasteiger partial charge is 0.368 e. The molecule has 2 N–H and O–H groups in total. The first-order valence-corrected chi connectivity index (χ1v) is 16.2. The van der Waals surface area contributed by atoms with Crippen molar-refractivity contribution in [1.29, 1.82) is 0 Å². The van der Waals surface area contributed by atoms with Gasteiger partial charge < -0.3 is 25.3 Å².